The zero-order valence-electron chi connectivity index (χ0n) is 18.5. The first-order chi connectivity index (χ1) is 16.3. The molecule has 0 amide bonds. The molecule has 0 aliphatic rings. The lowest BCUT2D eigenvalue weighted by atomic mass is 10.0. The van der Waals surface area contributed by atoms with Gasteiger partial charge in [-0.15, -0.1) is 0 Å². The van der Waals surface area contributed by atoms with Gasteiger partial charge in [-0.25, -0.2) is 0 Å². The monoisotopic (exact) mass is 441 g/mol. The van der Waals surface area contributed by atoms with Crippen molar-refractivity contribution < 1.29 is 0 Å². The van der Waals surface area contributed by atoms with Gasteiger partial charge in [0.2, 0.25) is 0 Å². The van der Waals surface area contributed by atoms with Crippen molar-refractivity contribution in [2.24, 2.45) is 7.05 Å². The molecule has 1 aromatic heterocycles. The second-order valence-corrected chi connectivity index (χ2v) is 10.5. The molecule has 0 spiro atoms. The van der Waals surface area contributed by atoms with Crippen molar-refractivity contribution >= 4 is 45.5 Å². The molecule has 158 valence electrons. The molecule has 2 heteroatoms. The molecule has 0 fully saturated rings. The van der Waals surface area contributed by atoms with Crippen molar-refractivity contribution in [1.82, 2.24) is 4.57 Å². The van der Waals surface area contributed by atoms with Crippen LogP contribution in [0.4, 0.5) is 0 Å². The van der Waals surface area contributed by atoms with Gasteiger partial charge in [0, 0.05) is 28.8 Å². The molecule has 5 aromatic carbocycles. The number of aryl methyl sites for hydroxylation is 1. The molecule has 6 rings (SSSR count). The Kier molecular flexibility index (Phi) is 5.06. The summed E-state index contributed by atoms with van der Waals surface area (Å²) in [6, 6.07) is 46.3. The van der Waals surface area contributed by atoms with Crippen molar-refractivity contribution in [3.63, 3.8) is 0 Å². The average Bonchev–Trinajstić information content (AvgIpc) is 3.17. The highest BCUT2D eigenvalue weighted by molar-refractivity contribution is 7.80. The lowest BCUT2D eigenvalue weighted by Gasteiger charge is -2.22. The van der Waals surface area contributed by atoms with E-state index >= 15 is 0 Å². The SMILES string of the molecule is Cn1c(-c2cccc3ccccc23)c(P(c2ccccc2)c2ccccc2)c2ccccc21. The van der Waals surface area contributed by atoms with Gasteiger partial charge in [0.05, 0.1) is 5.69 Å². The molecule has 6 aromatic rings. The van der Waals surface area contributed by atoms with E-state index in [1.165, 1.54) is 48.8 Å². The van der Waals surface area contributed by atoms with Crippen LogP contribution in [0, 0.1) is 0 Å². The van der Waals surface area contributed by atoms with Crippen molar-refractivity contribution in [3.8, 4) is 11.3 Å². The van der Waals surface area contributed by atoms with Gasteiger partial charge in [0.15, 0.2) is 0 Å². The highest BCUT2D eigenvalue weighted by Gasteiger charge is 2.27. The number of aromatic nitrogens is 1. The number of para-hydroxylation sites is 1. The first kappa shape index (κ1) is 20.0. The van der Waals surface area contributed by atoms with Crippen LogP contribution in [-0.4, -0.2) is 4.57 Å². The Hall–Kier alpha value is -3.67. The van der Waals surface area contributed by atoms with Crippen molar-refractivity contribution in [2.45, 2.75) is 0 Å². The summed E-state index contributed by atoms with van der Waals surface area (Å²) >= 11 is 0. The lowest BCUT2D eigenvalue weighted by Crippen LogP contribution is -2.22. The molecule has 0 radical (unpaired) electrons. The maximum atomic E-state index is 2.40. The predicted octanol–water partition coefficient (Wildman–Crippen LogP) is 6.76. The number of fused-ring (bicyclic) bond motifs is 2. The van der Waals surface area contributed by atoms with E-state index in [4.69, 9.17) is 0 Å². The van der Waals surface area contributed by atoms with Crippen LogP contribution in [0.3, 0.4) is 0 Å². The number of benzene rings is 5. The van der Waals surface area contributed by atoms with Crippen LogP contribution >= 0.6 is 7.92 Å². The van der Waals surface area contributed by atoms with E-state index in [-0.39, 0.29) is 0 Å². The van der Waals surface area contributed by atoms with Gasteiger partial charge < -0.3 is 4.57 Å². The second kappa shape index (κ2) is 8.35. The van der Waals surface area contributed by atoms with E-state index in [9.17, 15) is 0 Å². The lowest BCUT2D eigenvalue weighted by molar-refractivity contribution is 0.982. The molecule has 0 aliphatic heterocycles. The van der Waals surface area contributed by atoms with E-state index in [2.05, 4.69) is 139 Å². The Balaban J connectivity index is 1.76. The fourth-order valence-electron chi connectivity index (χ4n) is 4.90. The van der Waals surface area contributed by atoms with E-state index in [0.717, 1.165) is 0 Å². The molecule has 0 aliphatic carbocycles. The smallest absolute Gasteiger partial charge is 0.0579 e. The van der Waals surface area contributed by atoms with Gasteiger partial charge in [-0.3, -0.25) is 0 Å². The van der Waals surface area contributed by atoms with Gasteiger partial charge in [0.1, 0.15) is 0 Å². The van der Waals surface area contributed by atoms with Gasteiger partial charge in [-0.1, -0.05) is 121 Å². The highest BCUT2D eigenvalue weighted by Crippen LogP contribution is 2.42. The summed E-state index contributed by atoms with van der Waals surface area (Å²) in [6.07, 6.45) is 0. The number of hydrogen-bond donors (Lipinski definition) is 0. The van der Waals surface area contributed by atoms with E-state index in [0.29, 0.717) is 0 Å². The fourth-order valence-corrected chi connectivity index (χ4v) is 7.57. The van der Waals surface area contributed by atoms with E-state index in [1.807, 2.05) is 0 Å². The van der Waals surface area contributed by atoms with Crippen LogP contribution in [0.25, 0.3) is 32.9 Å². The maximum absolute atomic E-state index is 2.40. The minimum absolute atomic E-state index is 0.746. The summed E-state index contributed by atoms with van der Waals surface area (Å²) < 4.78 is 2.40. The Morgan fingerprint density at radius 3 is 1.76 bits per heavy atom. The maximum Gasteiger partial charge on any atom is 0.0579 e. The summed E-state index contributed by atoms with van der Waals surface area (Å²) in [6.45, 7) is 0. The molecule has 0 unspecified atom stereocenters. The highest BCUT2D eigenvalue weighted by atomic mass is 31.1. The second-order valence-electron chi connectivity index (χ2n) is 8.31. The topological polar surface area (TPSA) is 4.93 Å². The summed E-state index contributed by atoms with van der Waals surface area (Å²) in [5, 5.41) is 8.07. The quantitative estimate of drug-likeness (QED) is 0.267. The zero-order valence-corrected chi connectivity index (χ0v) is 19.4. The largest absolute Gasteiger partial charge is 0.343 e. The van der Waals surface area contributed by atoms with Crippen molar-refractivity contribution in [1.29, 1.82) is 0 Å². The van der Waals surface area contributed by atoms with Crippen LogP contribution in [0.1, 0.15) is 0 Å². The normalized spacial score (nSPS) is 11.5. The van der Waals surface area contributed by atoms with E-state index in [1.54, 1.807) is 0 Å². The third kappa shape index (κ3) is 3.37. The van der Waals surface area contributed by atoms with Gasteiger partial charge in [-0.2, -0.15) is 0 Å². The Morgan fingerprint density at radius 2 is 1.06 bits per heavy atom. The van der Waals surface area contributed by atoms with Gasteiger partial charge in [0.25, 0.3) is 0 Å². The summed E-state index contributed by atoms with van der Waals surface area (Å²) in [5.74, 6) is 0. The molecule has 0 bridgehead atoms. The minimum Gasteiger partial charge on any atom is -0.343 e. The van der Waals surface area contributed by atoms with Crippen molar-refractivity contribution in [2.75, 3.05) is 0 Å². The molecular formula is C31H24NP. The van der Waals surface area contributed by atoms with Crippen LogP contribution in [0.15, 0.2) is 127 Å². The van der Waals surface area contributed by atoms with Gasteiger partial charge >= 0.3 is 0 Å². The van der Waals surface area contributed by atoms with Gasteiger partial charge in [-0.05, 0) is 35.4 Å². The van der Waals surface area contributed by atoms with Crippen molar-refractivity contribution in [3.05, 3.63) is 127 Å². The number of rotatable bonds is 4. The first-order valence-corrected chi connectivity index (χ1v) is 12.6. The first-order valence-electron chi connectivity index (χ1n) is 11.3. The minimum atomic E-state index is -0.746. The van der Waals surface area contributed by atoms with E-state index < -0.39 is 7.92 Å². The standard InChI is InChI=1S/C31H24NP/c1-32-29-22-11-10-20-28(29)31(30(32)27-21-12-14-23-13-8-9-19-26(23)27)33(24-15-4-2-5-16-24)25-17-6-3-7-18-25/h2-22H,1H3. The Labute approximate surface area is 195 Å². The fraction of sp³-hybridized carbons (Fsp3) is 0.0323. The summed E-state index contributed by atoms with van der Waals surface area (Å²) in [4.78, 5) is 0. The summed E-state index contributed by atoms with van der Waals surface area (Å²) in [7, 11) is 1.47. The molecule has 33 heavy (non-hydrogen) atoms. The molecule has 0 saturated heterocycles. The molecule has 0 atom stereocenters. The number of hydrogen-bond acceptors (Lipinski definition) is 0. The third-order valence-electron chi connectivity index (χ3n) is 6.38. The average molecular weight is 442 g/mol. The Morgan fingerprint density at radius 1 is 0.515 bits per heavy atom. The Bertz CT molecular complexity index is 1520. The zero-order chi connectivity index (χ0) is 22.2. The van der Waals surface area contributed by atoms with Crippen LogP contribution in [-0.2, 0) is 7.05 Å². The molecule has 0 N–H and O–H groups in total. The molecular weight excluding hydrogens is 417 g/mol. The predicted molar refractivity (Wildman–Crippen MR) is 145 cm³/mol. The summed E-state index contributed by atoms with van der Waals surface area (Å²) in [5.41, 5.74) is 3.88. The molecule has 1 heterocycles. The van der Waals surface area contributed by atoms with Crippen LogP contribution < -0.4 is 15.9 Å². The van der Waals surface area contributed by atoms with Crippen LogP contribution in [0.5, 0.6) is 0 Å². The number of nitrogens with zero attached hydrogens (tertiary/aromatic N) is 1. The third-order valence-corrected chi connectivity index (χ3v) is 8.91. The molecule has 0 saturated carbocycles. The molecule has 1 nitrogen and oxygen atoms in total. The van der Waals surface area contributed by atoms with Crippen LogP contribution in [0.2, 0.25) is 0 Å².